The smallest absolute Gasteiger partial charge is 0.407 e. The summed E-state index contributed by atoms with van der Waals surface area (Å²) in [5.41, 5.74) is 1.55. The molecule has 2 N–H and O–H groups in total. The number of methoxy groups -OCH3 is 1. The van der Waals surface area contributed by atoms with Gasteiger partial charge in [0.2, 0.25) is 0 Å². The van der Waals surface area contributed by atoms with Crippen LogP contribution in [0, 0.1) is 5.41 Å². The van der Waals surface area contributed by atoms with Crippen molar-refractivity contribution in [3.8, 4) is 11.5 Å². The molecule has 0 aromatic heterocycles. The molecule has 0 bridgehead atoms. The lowest BCUT2D eigenvalue weighted by Gasteiger charge is -2.33. The summed E-state index contributed by atoms with van der Waals surface area (Å²) in [6.45, 7) is 4.79. The number of hydrogen-bond acceptors (Lipinski definition) is 4. The molecule has 6 nitrogen and oxygen atoms in total. The third kappa shape index (κ3) is 4.48. The molecule has 0 spiro atoms. The highest BCUT2D eigenvalue weighted by Crippen LogP contribution is 2.46. The minimum atomic E-state index is -0.966. The maximum absolute atomic E-state index is 11.5. The molecule has 3 rings (SSSR count). The summed E-state index contributed by atoms with van der Waals surface area (Å²) in [5.74, 6) is 1.12. The van der Waals surface area contributed by atoms with E-state index in [-0.39, 0.29) is 5.92 Å². The van der Waals surface area contributed by atoms with Gasteiger partial charge >= 0.3 is 6.09 Å². The van der Waals surface area contributed by atoms with E-state index in [0.29, 0.717) is 31.2 Å². The fraction of sp³-hybridized carbons (Fsp3) is 0.435. The molecule has 1 saturated heterocycles. The predicted octanol–water partition coefficient (Wildman–Crippen LogP) is 3.78. The van der Waals surface area contributed by atoms with Crippen LogP contribution in [0.15, 0.2) is 48.5 Å². The van der Waals surface area contributed by atoms with Crippen molar-refractivity contribution in [1.29, 1.82) is 0 Å². The maximum Gasteiger partial charge on any atom is 0.407 e. The van der Waals surface area contributed by atoms with Crippen LogP contribution in [-0.2, 0) is 6.42 Å². The molecular formula is C23H29NO5. The number of carbonyl (C=O) groups is 1. The van der Waals surface area contributed by atoms with Crippen LogP contribution in [0.4, 0.5) is 4.79 Å². The average molecular weight is 399 g/mol. The van der Waals surface area contributed by atoms with Crippen molar-refractivity contribution in [2.24, 2.45) is 5.41 Å². The second-order valence-corrected chi connectivity index (χ2v) is 7.89. The molecule has 2 aromatic rings. The highest BCUT2D eigenvalue weighted by molar-refractivity contribution is 5.66. The topological polar surface area (TPSA) is 79.2 Å². The largest absolute Gasteiger partial charge is 0.493 e. The Balaban J connectivity index is 1.82. The summed E-state index contributed by atoms with van der Waals surface area (Å²) in [6, 6.07) is 15.8. The van der Waals surface area contributed by atoms with E-state index >= 15 is 0 Å². The van der Waals surface area contributed by atoms with Crippen molar-refractivity contribution in [3.63, 3.8) is 0 Å². The van der Waals surface area contributed by atoms with Gasteiger partial charge in [-0.15, -0.1) is 0 Å². The minimum absolute atomic E-state index is 0.138. The summed E-state index contributed by atoms with van der Waals surface area (Å²) in [7, 11) is 1.60. The number of aliphatic hydroxyl groups excluding tert-OH is 1. The molecule has 156 valence electrons. The Hall–Kier alpha value is -2.73. The molecule has 1 fully saturated rings. The van der Waals surface area contributed by atoms with E-state index in [1.54, 1.807) is 14.0 Å². The Morgan fingerprint density at radius 3 is 2.59 bits per heavy atom. The normalized spacial score (nSPS) is 22.3. The Labute approximate surface area is 171 Å². The van der Waals surface area contributed by atoms with Crippen molar-refractivity contribution in [1.82, 2.24) is 4.90 Å². The van der Waals surface area contributed by atoms with Gasteiger partial charge in [-0.25, -0.2) is 4.79 Å². The molecule has 1 heterocycles. The van der Waals surface area contributed by atoms with E-state index in [4.69, 9.17) is 9.47 Å². The van der Waals surface area contributed by atoms with Gasteiger partial charge in [-0.1, -0.05) is 43.3 Å². The lowest BCUT2D eigenvalue weighted by atomic mass is 9.72. The van der Waals surface area contributed by atoms with E-state index in [0.717, 1.165) is 12.0 Å². The molecule has 3 unspecified atom stereocenters. The monoisotopic (exact) mass is 399 g/mol. The van der Waals surface area contributed by atoms with Gasteiger partial charge < -0.3 is 24.6 Å². The summed E-state index contributed by atoms with van der Waals surface area (Å²) in [4.78, 5) is 12.9. The first-order chi connectivity index (χ1) is 13.8. The molecule has 0 aliphatic carbocycles. The fourth-order valence-corrected chi connectivity index (χ4v) is 4.02. The summed E-state index contributed by atoms with van der Waals surface area (Å²) in [6.07, 6.45) is -0.843. The third-order valence-corrected chi connectivity index (χ3v) is 6.04. The number of benzene rings is 2. The van der Waals surface area contributed by atoms with Gasteiger partial charge in [-0.3, -0.25) is 0 Å². The molecule has 0 saturated carbocycles. The van der Waals surface area contributed by atoms with Crippen molar-refractivity contribution < 1.29 is 24.5 Å². The van der Waals surface area contributed by atoms with Crippen LogP contribution in [0.25, 0.3) is 0 Å². The number of likely N-dealkylation sites (tertiary alicyclic amines) is 1. The molecule has 1 amide bonds. The Bertz CT molecular complexity index is 838. The first kappa shape index (κ1) is 21.0. The predicted molar refractivity (Wildman–Crippen MR) is 111 cm³/mol. The number of nitrogens with zero attached hydrogens (tertiary/aromatic N) is 1. The number of aliphatic hydroxyl groups is 1. The van der Waals surface area contributed by atoms with Gasteiger partial charge in [-0.2, -0.15) is 0 Å². The maximum atomic E-state index is 11.5. The second-order valence-electron chi connectivity index (χ2n) is 7.89. The molecule has 3 atom stereocenters. The van der Waals surface area contributed by atoms with Crippen LogP contribution in [0.5, 0.6) is 11.5 Å². The number of ether oxygens (including phenoxy) is 2. The van der Waals surface area contributed by atoms with Crippen LogP contribution >= 0.6 is 0 Å². The Kier molecular flexibility index (Phi) is 6.33. The van der Waals surface area contributed by atoms with Crippen LogP contribution in [0.1, 0.15) is 30.9 Å². The van der Waals surface area contributed by atoms with Gasteiger partial charge in [0, 0.05) is 30.8 Å². The summed E-state index contributed by atoms with van der Waals surface area (Å²) in [5, 5.41) is 19.9. The third-order valence-electron chi connectivity index (χ3n) is 6.04. The van der Waals surface area contributed by atoms with E-state index in [9.17, 15) is 15.0 Å². The Morgan fingerprint density at radius 1 is 1.24 bits per heavy atom. The van der Waals surface area contributed by atoms with Crippen LogP contribution in [0.2, 0.25) is 0 Å². The summed E-state index contributed by atoms with van der Waals surface area (Å²) >= 11 is 0. The van der Waals surface area contributed by atoms with Crippen molar-refractivity contribution in [3.05, 3.63) is 59.7 Å². The van der Waals surface area contributed by atoms with Crippen molar-refractivity contribution >= 4 is 6.09 Å². The van der Waals surface area contributed by atoms with Crippen LogP contribution < -0.4 is 9.47 Å². The SMILES string of the molecule is COc1ccc(C2CN(C(=O)O)CC2(C)C(C)O)cc1OCCc1ccccc1. The van der Waals surface area contributed by atoms with Crippen LogP contribution in [-0.4, -0.2) is 54.1 Å². The molecule has 6 heteroatoms. The molecule has 29 heavy (non-hydrogen) atoms. The molecule has 1 aliphatic heterocycles. The van der Waals surface area contributed by atoms with Gasteiger partial charge in [-0.05, 0) is 30.2 Å². The molecule has 0 radical (unpaired) electrons. The fourth-order valence-electron chi connectivity index (χ4n) is 4.02. The zero-order valence-electron chi connectivity index (χ0n) is 17.2. The standard InChI is InChI=1S/C23H29NO5/c1-16(25)23(2)15-24(22(26)27)14-19(23)18-9-10-20(28-3)21(13-18)29-12-11-17-7-5-4-6-8-17/h4-10,13,16,19,25H,11-12,14-15H2,1-3H3,(H,26,27). The number of amides is 1. The number of carboxylic acid groups (broad SMARTS) is 1. The molecule has 2 aromatic carbocycles. The van der Waals surface area contributed by atoms with E-state index in [2.05, 4.69) is 12.1 Å². The minimum Gasteiger partial charge on any atom is -0.493 e. The zero-order valence-corrected chi connectivity index (χ0v) is 17.2. The molecule has 1 aliphatic rings. The van der Waals surface area contributed by atoms with Gasteiger partial charge in [0.1, 0.15) is 0 Å². The first-order valence-electron chi connectivity index (χ1n) is 9.85. The van der Waals surface area contributed by atoms with Gasteiger partial charge in [0.05, 0.1) is 19.8 Å². The van der Waals surface area contributed by atoms with Crippen molar-refractivity contribution in [2.75, 3.05) is 26.8 Å². The Morgan fingerprint density at radius 2 is 1.97 bits per heavy atom. The van der Waals surface area contributed by atoms with Gasteiger partial charge in [0.25, 0.3) is 0 Å². The second kappa shape index (κ2) is 8.74. The zero-order chi connectivity index (χ0) is 21.0. The first-order valence-corrected chi connectivity index (χ1v) is 9.85. The van der Waals surface area contributed by atoms with E-state index < -0.39 is 17.6 Å². The van der Waals surface area contributed by atoms with E-state index in [1.807, 2.05) is 43.3 Å². The number of hydrogen-bond donors (Lipinski definition) is 2. The highest BCUT2D eigenvalue weighted by atomic mass is 16.5. The summed E-state index contributed by atoms with van der Waals surface area (Å²) < 4.78 is 11.5. The van der Waals surface area contributed by atoms with Crippen molar-refractivity contribution in [2.45, 2.75) is 32.3 Å². The van der Waals surface area contributed by atoms with Crippen LogP contribution in [0.3, 0.4) is 0 Å². The van der Waals surface area contributed by atoms with Gasteiger partial charge in [0.15, 0.2) is 11.5 Å². The number of rotatable bonds is 7. The quantitative estimate of drug-likeness (QED) is 0.741. The highest BCUT2D eigenvalue weighted by Gasteiger charge is 2.48. The molecular weight excluding hydrogens is 370 g/mol. The average Bonchev–Trinajstić information content (AvgIpc) is 3.08. The lowest BCUT2D eigenvalue weighted by molar-refractivity contribution is 0.0481. The van der Waals surface area contributed by atoms with E-state index in [1.165, 1.54) is 10.5 Å². The lowest BCUT2D eigenvalue weighted by Crippen LogP contribution is -2.37.